The number of nitrogens with zero attached hydrogens (tertiary/aromatic N) is 2. The second kappa shape index (κ2) is 5.75. The lowest BCUT2D eigenvalue weighted by Gasteiger charge is -2.12. The quantitative estimate of drug-likeness (QED) is 0.631. The summed E-state index contributed by atoms with van der Waals surface area (Å²) in [5, 5.41) is 0. The minimum atomic E-state index is 0.388. The van der Waals surface area contributed by atoms with Crippen LogP contribution in [0.1, 0.15) is 32.7 Å². The third-order valence-electron chi connectivity index (χ3n) is 2.04. The summed E-state index contributed by atoms with van der Waals surface area (Å²) in [7, 11) is 0. The first kappa shape index (κ1) is 10.3. The van der Waals surface area contributed by atoms with E-state index in [1.807, 2.05) is 12.5 Å². The molecule has 0 aliphatic heterocycles. The fourth-order valence-corrected chi connectivity index (χ4v) is 1.12. The van der Waals surface area contributed by atoms with Gasteiger partial charge in [0.1, 0.15) is 0 Å². The fourth-order valence-electron chi connectivity index (χ4n) is 1.12. The topological polar surface area (TPSA) is 27.1 Å². The molecule has 1 aromatic rings. The second-order valence-electron chi connectivity index (χ2n) is 3.29. The predicted octanol–water partition coefficient (Wildman–Crippen LogP) is 2.26. The van der Waals surface area contributed by atoms with Crippen LogP contribution in [0.15, 0.2) is 18.7 Å². The number of ether oxygens (including phenoxy) is 1. The van der Waals surface area contributed by atoms with Gasteiger partial charge in [0.25, 0.3) is 0 Å². The van der Waals surface area contributed by atoms with Gasteiger partial charge in [-0.3, -0.25) is 0 Å². The van der Waals surface area contributed by atoms with Crippen molar-refractivity contribution in [3.63, 3.8) is 0 Å². The van der Waals surface area contributed by atoms with Crippen LogP contribution in [-0.4, -0.2) is 22.8 Å². The molecule has 0 spiro atoms. The van der Waals surface area contributed by atoms with Gasteiger partial charge >= 0.3 is 0 Å². The molecule has 3 heteroatoms. The summed E-state index contributed by atoms with van der Waals surface area (Å²) in [5.41, 5.74) is 0. The van der Waals surface area contributed by atoms with Gasteiger partial charge in [-0.15, -0.1) is 0 Å². The third-order valence-corrected chi connectivity index (χ3v) is 2.04. The maximum atomic E-state index is 5.51. The second-order valence-corrected chi connectivity index (χ2v) is 3.29. The summed E-state index contributed by atoms with van der Waals surface area (Å²) >= 11 is 0. The van der Waals surface area contributed by atoms with E-state index < -0.39 is 0 Å². The fraction of sp³-hybridized carbons (Fsp3) is 0.700. The van der Waals surface area contributed by atoms with Gasteiger partial charge < -0.3 is 9.30 Å². The van der Waals surface area contributed by atoms with Crippen LogP contribution in [0, 0.1) is 0 Å². The Bertz CT molecular complexity index is 209. The molecule has 0 aromatic carbocycles. The first-order valence-corrected chi connectivity index (χ1v) is 4.89. The van der Waals surface area contributed by atoms with E-state index in [2.05, 4.69) is 23.4 Å². The number of hydrogen-bond acceptors (Lipinski definition) is 2. The maximum Gasteiger partial charge on any atom is 0.0949 e. The monoisotopic (exact) mass is 182 g/mol. The van der Waals surface area contributed by atoms with Gasteiger partial charge in [-0.05, 0) is 13.3 Å². The summed E-state index contributed by atoms with van der Waals surface area (Å²) in [4.78, 5) is 4.00. The molecule has 74 valence electrons. The Labute approximate surface area is 79.7 Å². The van der Waals surface area contributed by atoms with Crippen LogP contribution in [0.25, 0.3) is 0 Å². The van der Waals surface area contributed by atoms with E-state index in [0.717, 1.165) is 19.6 Å². The van der Waals surface area contributed by atoms with E-state index in [9.17, 15) is 0 Å². The van der Waals surface area contributed by atoms with Gasteiger partial charge in [-0.2, -0.15) is 0 Å². The van der Waals surface area contributed by atoms with E-state index in [0.29, 0.717) is 6.04 Å². The normalized spacial score (nSPS) is 13.1. The Morgan fingerprint density at radius 3 is 3.00 bits per heavy atom. The molecule has 0 bridgehead atoms. The van der Waals surface area contributed by atoms with Gasteiger partial charge in [0.05, 0.1) is 19.0 Å². The molecular formula is C10H18N2O. The molecule has 0 aliphatic carbocycles. The van der Waals surface area contributed by atoms with Gasteiger partial charge in [0.2, 0.25) is 0 Å². The molecule has 1 heterocycles. The minimum absolute atomic E-state index is 0.388. The third kappa shape index (κ3) is 3.59. The van der Waals surface area contributed by atoms with Crippen molar-refractivity contribution >= 4 is 0 Å². The average molecular weight is 182 g/mol. The maximum absolute atomic E-state index is 5.51. The van der Waals surface area contributed by atoms with Crippen LogP contribution in [0.3, 0.4) is 0 Å². The Balaban J connectivity index is 2.15. The number of aromatic nitrogens is 2. The predicted molar refractivity (Wildman–Crippen MR) is 52.7 cm³/mol. The number of imidazole rings is 1. The van der Waals surface area contributed by atoms with Crippen molar-refractivity contribution in [1.29, 1.82) is 0 Å². The molecule has 0 N–H and O–H groups in total. The van der Waals surface area contributed by atoms with Gasteiger partial charge in [-0.1, -0.05) is 13.3 Å². The molecule has 1 aromatic heterocycles. The zero-order valence-electron chi connectivity index (χ0n) is 8.44. The Morgan fingerprint density at radius 2 is 2.38 bits per heavy atom. The van der Waals surface area contributed by atoms with Crippen LogP contribution in [-0.2, 0) is 4.74 Å². The average Bonchev–Trinajstić information content (AvgIpc) is 2.65. The molecule has 3 nitrogen and oxygen atoms in total. The molecule has 0 radical (unpaired) electrons. The van der Waals surface area contributed by atoms with Gasteiger partial charge in [0.15, 0.2) is 0 Å². The van der Waals surface area contributed by atoms with Crippen molar-refractivity contribution in [2.75, 3.05) is 13.2 Å². The number of unbranched alkanes of at least 4 members (excludes halogenated alkanes) is 1. The van der Waals surface area contributed by atoms with E-state index in [4.69, 9.17) is 4.74 Å². The molecule has 0 amide bonds. The standard InChI is InChI=1S/C10H18N2O/c1-3-4-7-13-8-10(2)12-6-5-11-9-12/h5-6,9-10H,3-4,7-8H2,1-2H3/t10-/m0/s1. The smallest absolute Gasteiger partial charge is 0.0949 e. The Kier molecular flexibility index (Phi) is 4.54. The first-order valence-electron chi connectivity index (χ1n) is 4.89. The van der Waals surface area contributed by atoms with E-state index >= 15 is 0 Å². The van der Waals surface area contributed by atoms with Crippen LogP contribution < -0.4 is 0 Å². The zero-order chi connectivity index (χ0) is 9.52. The Hall–Kier alpha value is -0.830. The first-order chi connectivity index (χ1) is 6.34. The molecule has 0 saturated carbocycles. The number of hydrogen-bond donors (Lipinski definition) is 0. The van der Waals surface area contributed by atoms with Crippen molar-refractivity contribution in [3.8, 4) is 0 Å². The molecule has 0 unspecified atom stereocenters. The van der Waals surface area contributed by atoms with E-state index in [1.54, 1.807) is 6.20 Å². The van der Waals surface area contributed by atoms with Gasteiger partial charge in [0, 0.05) is 19.0 Å². The lowest BCUT2D eigenvalue weighted by Crippen LogP contribution is -2.11. The summed E-state index contributed by atoms with van der Waals surface area (Å²) in [5.74, 6) is 0. The van der Waals surface area contributed by atoms with Crippen molar-refractivity contribution in [3.05, 3.63) is 18.7 Å². The van der Waals surface area contributed by atoms with Crippen LogP contribution >= 0.6 is 0 Å². The van der Waals surface area contributed by atoms with Crippen LogP contribution in [0.5, 0.6) is 0 Å². The largest absolute Gasteiger partial charge is 0.379 e. The summed E-state index contributed by atoms with van der Waals surface area (Å²) in [6.45, 7) is 5.95. The van der Waals surface area contributed by atoms with Crippen LogP contribution in [0.4, 0.5) is 0 Å². The SMILES string of the molecule is CCCCOC[C@H](C)n1ccnc1. The molecule has 0 saturated heterocycles. The zero-order valence-corrected chi connectivity index (χ0v) is 8.44. The molecule has 13 heavy (non-hydrogen) atoms. The van der Waals surface area contributed by atoms with Crippen molar-refractivity contribution in [1.82, 2.24) is 9.55 Å². The molecule has 1 rings (SSSR count). The Morgan fingerprint density at radius 1 is 1.54 bits per heavy atom. The lowest BCUT2D eigenvalue weighted by atomic mass is 10.3. The van der Waals surface area contributed by atoms with Crippen molar-refractivity contribution < 1.29 is 4.74 Å². The minimum Gasteiger partial charge on any atom is -0.379 e. The van der Waals surface area contributed by atoms with Crippen LogP contribution in [0.2, 0.25) is 0 Å². The van der Waals surface area contributed by atoms with Crippen molar-refractivity contribution in [2.24, 2.45) is 0 Å². The molecule has 0 aliphatic rings. The lowest BCUT2D eigenvalue weighted by molar-refractivity contribution is 0.105. The highest BCUT2D eigenvalue weighted by atomic mass is 16.5. The highest BCUT2D eigenvalue weighted by Gasteiger charge is 2.02. The van der Waals surface area contributed by atoms with Crippen molar-refractivity contribution in [2.45, 2.75) is 32.7 Å². The summed E-state index contributed by atoms with van der Waals surface area (Å²) in [6.07, 6.45) is 7.93. The summed E-state index contributed by atoms with van der Waals surface area (Å²) in [6, 6.07) is 0.388. The molecule has 1 atom stereocenters. The number of rotatable bonds is 6. The molecule has 0 fully saturated rings. The van der Waals surface area contributed by atoms with E-state index in [-0.39, 0.29) is 0 Å². The summed E-state index contributed by atoms with van der Waals surface area (Å²) < 4.78 is 7.57. The van der Waals surface area contributed by atoms with Gasteiger partial charge in [-0.25, -0.2) is 4.98 Å². The molecular weight excluding hydrogens is 164 g/mol. The highest BCUT2D eigenvalue weighted by Crippen LogP contribution is 2.04. The highest BCUT2D eigenvalue weighted by molar-refractivity contribution is 4.78. The van der Waals surface area contributed by atoms with E-state index in [1.165, 1.54) is 6.42 Å².